The molecule has 1 N–H and O–H groups in total. The number of ether oxygens (including phenoxy) is 1. The lowest BCUT2D eigenvalue weighted by molar-refractivity contribution is -0.145. The molecule has 3 heterocycles. The Labute approximate surface area is 258 Å². The van der Waals surface area contributed by atoms with Gasteiger partial charge >= 0.3 is 0 Å². The number of benzene rings is 2. The molecular formula is C34H41N3O5S. The first-order valence-corrected chi connectivity index (χ1v) is 15.9. The van der Waals surface area contributed by atoms with E-state index in [2.05, 4.69) is 13.2 Å². The van der Waals surface area contributed by atoms with Crippen LogP contribution in [-0.4, -0.2) is 82.0 Å². The van der Waals surface area contributed by atoms with Crippen molar-refractivity contribution in [3.63, 3.8) is 0 Å². The molecule has 3 saturated heterocycles. The zero-order chi connectivity index (χ0) is 30.7. The molecule has 3 aliphatic heterocycles. The predicted octanol–water partition coefficient (Wildman–Crippen LogP) is 4.46. The standard InChI is InChI=1S/C34H41N3O5S/c1-5-19-35(20-6-2)31(39)28-27-17-18-34(43-27)29(28)32(40)37(26(22-38)23-11-9-8-10-12-23)30(34)33(41)36(21-7-3)24-13-15-25(42-4)16-14-24/h5,7-16,26-30,38H,1,3,6,17-22H2,2,4H3/t26-,27+,28-,29+,30?,34?/m1/s1. The van der Waals surface area contributed by atoms with Gasteiger partial charge in [-0.2, -0.15) is 0 Å². The van der Waals surface area contributed by atoms with Gasteiger partial charge < -0.3 is 24.5 Å². The van der Waals surface area contributed by atoms with Crippen LogP contribution in [0.4, 0.5) is 5.69 Å². The van der Waals surface area contributed by atoms with E-state index in [4.69, 9.17) is 4.74 Å². The van der Waals surface area contributed by atoms with Gasteiger partial charge in [-0.1, -0.05) is 49.4 Å². The van der Waals surface area contributed by atoms with Gasteiger partial charge in [0, 0.05) is 30.6 Å². The summed E-state index contributed by atoms with van der Waals surface area (Å²) in [6.07, 6.45) is 5.57. The Hall–Kier alpha value is -3.56. The van der Waals surface area contributed by atoms with E-state index in [0.29, 0.717) is 30.9 Å². The number of carbonyl (C=O) groups excluding carboxylic acids is 3. The molecule has 2 bridgehead atoms. The number of likely N-dealkylation sites (tertiary alicyclic amines) is 1. The summed E-state index contributed by atoms with van der Waals surface area (Å²) >= 11 is 1.63. The van der Waals surface area contributed by atoms with E-state index in [1.807, 2.05) is 49.4 Å². The molecule has 6 atom stereocenters. The number of hydrogen-bond acceptors (Lipinski definition) is 6. The van der Waals surface area contributed by atoms with E-state index < -0.39 is 28.7 Å². The molecule has 1 spiro atoms. The van der Waals surface area contributed by atoms with Crippen LogP contribution in [0.25, 0.3) is 0 Å². The van der Waals surface area contributed by atoms with Crippen molar-refractivity contribution >= 4 is 35.2 Å². The van der Waals surface area contributed by atoms with Gasteiger partial charge in [-0.25, -0.2) is 0 Å². The number of rotatable bonds is 13. The SMILES string of the molecule is C=CCN(CCC)C(=O)[C@@H]1[C@@H]2CCC3(S2)C(C(=O)N(CC=C)c2ccc(OC)cc2)N([C@H](CO)c2ccccc2)C(=O)[C@H]13. The molecule has 9 heteroatoms. The lowest BCUT2D eigenvalue weighted by atomic mass is 9.70. The number of fused-ring (bicyclic) bond motifs is 1. The van der Waals surface area contributed by atoms with Crippen LogP contribution in [0.2, 0.25) is 0 Å². The van der Waals surface area contributed by atoms with Crippen molar-refractivity contribution in [2.75, 3.05) is 38.3 Å². The number of hydrogen-bond donors (Lipinski definition) is 1. The molecule has 0 radical (unpaired) electrons. The van der Waals surface area contributed by atoms with Gasteiger partial charge in [0.15, 0.2) is 0 Å². The van der Waals surface area contributed by atoms with E-state index in [1.165, 1.54) is 0 Å². The highest BCUT2D eigenvalue weighted by molar-refractivity contribution is 8.02. The first kappa shape index (κ1) is 30.9. The second-order valence-electron chi connectivity index (χ2n) is 11.4. The van der Waals surface area contributed by atoms with Gasteiger partial charge in [-0.15, -0.1) is 24.9 Å². The lowest BCUT2D eigenvalue weighted by Gasteiger charge is -2.39. The molecule has 228 valence electrons. The van der Waals surface area contributed by atoms with E-state index in [0.717, 1.165) is 18.4 Å². The maximum absolute atomic E-state index is 14.9. The molecule has 0 saturated carbocycles. The topological polar surface area (TPSA) is 90.4 Å². The van der Waals surface area contributed by atoms with E-state index in [1.54, 1.807) is 57.9 Å². The molecular weight excluding hydrogens is 562 g/mol. The van der Waals surface area contributed by atoms with Gasteiger partial charge in [-0.3, -0.25) is 14.4 Å². The monoisotopic (exact) mass is 603 g/mol. The fourth-order valence-corrected chi connectivity index (χ4v) is 9.50. The third-order valence-electron chi connectivity index (χ3n) is 9.07. The van der Waals surface area contributed by atoms with E-state index in [9.17, 15) is 19.5 Å². The summed E-state index contributed by atoms with van der Waals surface area (Å²) in [5.74, 6) is -1.07. The highest BCUT2D eigenvalue weighted by Gasteiger charge is 2.74. The highest BCUT2D eigenvalue weighted by atomic mass is 32.2. The average Bonchev–Trinajstić information content (AvgIpc) is 3.68. The molecule has 3 fully saturated rings. The zero-order valence-electron chi connectivity index (χ0n) is 24.9. The first-order valence-electron chi connectivity index (χ1n) is 15.0. The molecule has 0 aromatic heterocycles. The average molecular weight is 604 g/mol. The molecule has 43 heavy (non-hydrogen) atoms. The van der Waals surface area contributed by atoms with Crippen molar-refractivity contribution < 1.29 is 24.2 Å². The number of amides is 3. The first-order chi connectivity index (χ1) is 20.9. The molecule has 2 unspecified atom stereocenters. The van der Waals surface area contributed by atoms with Crippen molar-refractivity contribution in [2.24, 2.45) is 11.8 Å². The summed E-state index contributed by atoms with van der Waals surface area (Å²) in [4.78, 5) is 48.8. The minimum atomic E-state index is -0.878. The molecule has 2 aromatic rings. The number of nitrogens with zero attached hydrogens (tertiary/aromatic N) is 3. The Morgan fingerprint density at radius 1 is 1.12 bits per heavy atom. The van der Waals surface area contributed by atoms with Crippen molar-refractivity contribution in [3.05, 3.63) is 85.5 Å². The summed E-state index contributed by atoms with van der Waals surface area (Å²) < 4.78 is 4.54. The molecule has 3 amide bonds. The van der Waals surface area contributed by atoms with Crippen LogP contribution in [0, 0.1) is 11.8 Å². The number of aliphatic hydroxyl groups is 1. The van der Waals surface area contributed by atoms with Crippen molar-refractivity contribution in [1.29, 1.82) is 0 Å². The zero-order valence-corrected chi connectivity index (χ0v) is 25.7. The summed E-state index contributed by atoms with van der Waals surface area (Å²) in [6, 6.07) is 15.0. The quantitative estimate of drug-likeness (QED) is 0.340. The third-order valence-corrected chi connectivity index (χ3v) is 11.0. The smallest absolute Gasteiger partial charge is 0.251 e. The fraction of sp³-hybridized carbons (Fsp3) is 0.441. The van der Waals surface area contributed by atoms with Crippen LogP contribution in [-0.2, 0) is 14.4 Å². The van der Waals surface area contributed by atoms with Crippen molar-refractivity contribution in [3.8, 4) is 5.75 Å². The van der Waals surface area contributed by atoms with Crippen LogP contribution in [0.5, 0.6) is 5.75 Å². The van der Waals surface area contributed by atoms with Crippen LogP contribution < -0.4 is 9.64 Å². The lowest BCUT2D eigenvalue weighted by Crippen LogP contribution is -2.56. The van der Waals surface area contributed by atoms with Crippen LogP contribution in [0.3, 0.4) is 0 Å². The van der Waals surface area contributed by atoms with E-state index >= 15 is 0 Å². The normalized spacial score (nSPS) is 26.1. The van der Waals surface area contributed by atoms with Gasteiger partial charge in [-0.05, 0) is 49.1 Å². The third kappa shape index (κ3) is 5.27. The fourth-order valence-electron chi connectivity index (χ4n) is 7.31. The molecule has 3 aliphatic rings. The van der Waals surface area contributed by atoms with Crippen LogP contribution >= 0.6 is 11.8 Å². The summed E-state index contributed by atoms with van der Waals surface area (Å²) in [5, 5.41) is 10.7. The largest absolute Gasteiger partial charge is 0.497 e. The Morgan fingerprint density at radius 3 is 2.42 bits per heavy atom. The van der Waals surface area contributed by atoms with Gasteiger partial charge in [0.1, 0.15) is 11.8 Å². The minimum Gasteiger partial charge on any atom is -0.497 e. The van der Waals surface area contributed by atoms with Crippen LogP contribution in [0.15, 0.2) is 79.9 Å². The number of thioether (sulfide) groups is 1. The highest BCUT2D eigenvalue weighted by Crippen LogP contribution is 2.67. The number of aliphatic hydroxyl groups excluding tert-OH is 1. The Morgan fingerprint density at radius 2 is 1.81 bits per heavy atom. The summed E-state index contributed by atoms with van der Waals surface area (Å²) in [6.45, 7) is 10.6. The Balaban J connectivity index is 1.62. The number of carbonyl (C=O) groups is 3. The molecule has 5 rings (SSSR count). The number of methoxy groups -OCH3 is 1. The van der Waals surface area contributed by atoms with Crippen molar-refractivity contribution in [1.82, 2.24) is 9.80 Å². The van der Waals surface area contributed by atoms with Crippen molar-refractivity contribution in [2.45, 2.75) is 48.3 Å². The minimum absolute atomic E-state index is 0.0504. The Kier molecular flexibility index (Phi) is 9.32. The predicted molar refractivity (Wildman–Crippen MR) is 170 cm³/mol. The van der Waals surface area contributed by atoms with Gasteiger partial charge in [0.25, 0.3) is 5.91 Å². The number of anilines is 1. The summed E-state index contributed by atoms with van der Waals surface area (Å²) in [5.41, 5.74) is 1.40. The molecule has 8 nitrogen and oxygen atoms in total. The van der Waals surface area contributed by atoms with Gasteiger partial charge in [0.05, 0.1) is 36.3 Å². The second-order valence-corrected chi connectivity index (χ2v) is 13.0. The van der Waals surface area contributed by atoms with Gasteiger partial charge in [0.2, 0.25) is 11.8 Å². The molecule has 0 aliphatic carbocycles. The maximum atomic E-state index is 14.9. The second kappa shape index (κ2) is 13.0. The summed E-state index contributed by atoms with van der Waals surface area (Å²) in [7, 11) is 1.59. The maximum Gasteiger partial charge on any atom is 0.251 e. The Bertz CT molecular complexity index is 1350. The molecule has 2 aromatic carbocycles. The van der Waals surface area contributed by atoms with E-state index in [-0.39, 0.29) is 36.1 Å². The van der Waals surface area contributed by atoms with Crippen LogP contribution in [0.1, 0.15) is 37.8 Å².